The molecule has 8 nitrogen and oxygen atoms in total. The maximum absolute atomic E-state index is 13.2. The molecule has 202 valence electrons. The molecule has 0 unspecified atom stereocenters. The van der Waals surface area contributed by atoms with Crippen molar-refractivity contribution in [2.75, 3.05) is 11.9 Å². The summed E-state index contributed by atoms with van der Waals surface area (Å²) in [6.45, 7) is 6.47. The van der Waals surface area contributed by atoms with E-state index in [0.29, 0.717) is 29.2 Å². The van der Waals surface area contributed by atoms with Crippen LogP contribution in [0.1, 0.15) is 26.6 Å². The van der Waals surface area contributed by atoms with E-state index in [1.165, 1.54) is 0 Å². The zero-order valence-electron chi connectivity index (χ0n) is 22.6. The molecule has 1 amide bonds. The summed E-state index contributed by atoms with van der Waals surface area (Å²) >= 11 is 0. The molecule has 6 aromatic rings. The molecule has 0 aliphatic heterocycles. The summed E-state index contributed by atoms with van der Waals surface area (Å²) in [4.78, 5) is 22.7. The third-order valence-corrected chi connectivity index (χ3v) is 6.79. The summed E-state index contributed by atoms with van der Waals surface area (Å²) < 4.78 is 13.4. The van der Waals surface area contributed by atoms with Gasteiger partial charge in [0.15, 0.2) is 5.82 Å². The van der Waals surface area contributed by atoms with Gasteiger partial charge in [-0.1, -0.05) is 60.7 Å². The number of amides is 1. The zero-order chi connectivity index (χ0) is 27.9. The highest BCUT2D eigenvalue weighted by Gasteiger charge is 2.24. The second-order valence-electron chi connectivity index (χ2n) is 10.4. The molecule has 2 N–H and O–H groups in total. The normalized spacial score (nSPS) is 12.0. The summed E-state index contributed by atoms with van der Waals surface area (Å²) in [5.74, 6) is 1.33. The fourth-order valence-electron chi connectivity index (χ4n) is 5.10. The fourth-order valence-corrected chi connectivity index (χ4v) is 5.10. The van der Waals surface area contributed by atoms with Crippen molar-refractivity contribution in [2.24, 2.45) is 0 Å². The number of hydrogen-bond acceptors (Lipinski definition) is 6. The van der Waals surface area contributed by atoms with Crippen molar-refractivity contribution in [1.29, 1.82) is 0 Å². The number of benzene rings is 4. The standard InChI is InChI=1S/C32H30N4O4/c1-4-39-18-27-34-28-29(36(27)19-32(2,3)38)24-11-7-8-12-26(24)33-30(28)35-31(37)40-22-16-15-21-14-13-20-9-5-6-10-23(20)25(21)17-22/h5-17,38H,4,18-19H2,1-3H3,(H,33,35,37). The smallest absolute Gasteiger partial charge is 0.410 e. The Labute approximate surface area is 231 Å². The molecule has 0 aliphatic rings. The Hall–Kier alpha value is -4.53. The monoisotopic (exact) mass is 534 g/mol. The van der Waals surface area contributed by atoms with Gasteiger partial charge in [-0.2, -0.15) is 0 Å². The molecular formula is C32H30N4O4. The molecule has 0 radical (unpaired) electrons. The lowest BCUT2D eigenvalue weighted by molar-refractivity contribution is 0.0582. The van der Waals surface area contributed by atoms with E-state index in [-0.39, 0.29) is 19.0 Å². The molecule has 0 saturated heterocycles. The number of anilines is 1. The number of aliphatic hydroxyl groups is 1. The summed E-state index contributed by atoms with van der Waals surface area (Å²) in [5.41, 5.74) is 0.933. The van der Waals surface area contributed by atoms with Crippen LogP contribution < -0.4 is 10.1 Å². The summed E-state index contributed by atoms with van der Waals surface area (Å²) in [7, 11) is 0. The number of aromatic nitrogens is 3. The van der Waals surface area contributed by atoms with E-state index < -0.39 is 11.7 Å². The zero-order valence-corrected chi connectivity index (χ0v) is 22.6. The van der Waals surface area contributed by atoms with Gasteiger partial charge in [-0.25, -0.2) is 14.8 Å². The molecule has 2 heterocycles. The molecular weight excluding hydrogens is 504 g/mol. The van der Waals surface area contributed by atoms with Crippen LogP contribution in [0.3, 0.4) is 0 Å². The van der Waals surface area contributed by atoms with E-state index in [0.717, 1.165) is 32.4 Å². The number of fused-ring (bicyclic) bond motifs is 6. The third-order valence-electron chi connectivity index (χ3n) is 6.79. The van der Waals surface area contributed by atoms with Gasteiger partial charge < -0.3 is 19.1 Å². The number of imidazole rings is 1. The van der Waals surface area contributed by atoms with Crippen LogP contribution in [0, 0.1) is 0 Å². The Balaban J connectivity index is 1.40. The van der Waals surface area contributed by atoms with E-state index in [9.17, 15) is 9.90 Å². The van der Waals surface area contributed by atoms with E-state index in [2.05, 4.69) is 29.6 Å². The van der Waals surface area contributed by atoms with Gasteiger partial charge >= 0.3 is 6.09 Å². The number of rotatable bonds is 7. The fraction of sp³-hybridized carbons (Fsp3) is 0.219. The SMILES string of the molecule is CCOCc1nc2c(NC(=O)Oc3ccc4ccc5ccccc5c4c3)nc3ccccc3c2n1CC(C)(C)O. The molecule has 0 saturated carbocycles. The van der Waals surface area contributed by atoms with Crippen LogP contribution >= 0.6 is 0 Å². The van der Waals surface area contributed by atoms with Gasteiger partial charge in [0, 0.05) is 12.0 Å². The largest absolute Gasteiger partial charge is 0.418 e. The number of nitrogens with zero attached hydrogens (tertiary/aromatic N) is 3. The topological polar surface area (TPSA) is 98.5 Å². The minimum Gasteiger partial charge on any atom is -0.410 e. The lowest BCUT2D eigenvalue weighted by atomic mass is 10.0. The number of para-hydroxylation sites is 1. The highest BCUT2D eigenvalue weighted by molar-refractivity contribution is 6.10. The molecule has 40 heavy (non-hydrogen) atoms. The molecule has 0 spiro atoms. The minimum atomic E-state index is -1.01. The van der Waals surface area contributed by atoms with E-state index in [1.54, 1.807) is 19.9 Å². The highest BCUT2D eigenvalue weighted by Crippen LogP contribution is 2.32. The Morgan fingerprint density at radius 1 is 0.925 bits per heavy atom. The second-order valence-corrected chi connectivity index (χ2v) is 10.4. The molecule has 8 heteroatoms. The van der Waals surface area contributed by atoms with E-state index in [4.69, 9.17) is 19.4 Å². The van der Waals surface area contributed by atoms with Crippen molar-refractivity contribution >= 4 is 55.4 Å². The highest BCUT2D eigenvalue weighted by atomic mass is 16.6. The Morgan fingerprint density at radius 2 is 1.62 bits per heavy atom. The Kier molecular flexibility index (Phi) is 6.57. The molecule has 6 rings (SSSR count). The van der Waals surface area contributed by atoms with E-state index >= 15 is 0 Å². The summed E-state index contributed by atoms with van der Waals surface area (Å²) in [6, 6.07) is 25.5. The first-order valence-corrected chi connectivity index (χ1v) is 13.3. The second kappa shape index (κ2) is 10.2. The quantitative estimate of drug-likeness (QED) is 0.218. The number of hydrogen-bond donors (Lipinski definition) is 2. The first-order chi connectivity index (χ1) is 19.3. The first kappa shape index (κ1) is 25.7. The molecule has 0 atom stereocenters. The van der Waals surface area contributed by atoms with Gasteiger partial charge in [0.2, 0.25) is 0 Å². The maximum atomic E-state index is 13.2. The average Bonchev–Trinajstić information content (AvgIpc) is 3.29. The molecule has 0 fully saturated rings. The number of carbonyl (C=O) groups is 1. The van der Waals surface area contributed by atoms with Crippen molar-refractivity contribution in [2.45, 2.75) is 39.5 Å². The number of pyridine rings is 1. The van der Waals surface area contributed by atoms with Crippen molar-refractivity contribution < 1.29 is 19.4 Å². The predicted octanol–water partition coefficient (Wildman–Crippen LogP) is 6.81. The van der Waals surface area contributed by atoms with Crippen molar-refractivity contribution in [3.8, 4) is 5.75 Å². The minimum absolute atomic E-state index is 0.254. The molecule has 4 aromatic carbocycles. The van der Waals surface area contributed by atoms with Crippen molar-refractivity contribution in [1.82, 2.24) is 14.5 Å². The van der Waals surface area contributed by atoms with Crippen LogP contribution in [0.5, 0.6) is 5.75 Å². The lowest BCUT2D eigenvalue weighted by Gasteiger charge is -2.20. The van der Waals surface area contributed by atoms with Crippen LogP contribution in [0.2, 0.25) is 0 Å². The summed E-state index contributed by atoms with van der Waals surface area (Å²) in [6.07, 6.45) is -0.674. The number of nitrogens with one attached hydrogen (secondary N) is 1. The van der Waals surface area contributed by atoms with E-state index in [1.807, 2.05) is 60.0 Å². The maximum Gasteiger partial charge on any atom is 0.418 e. The lowest BCUT2D eigenvalue weighted by Crippen LogP contribution is -2.27. The van der Waals surface area contributed by atoms with Gasteiger partial charge in [0.1, 0.15) is 23.7 Å². The molecule has 0 bridgehead atoms. The average molecular weight is 535 g/mol. The van der Waals surface area contributed by atoms with Crippen LogP contribution in [0.15, 0.2) is 78.9 Å². The van der Waals surface area contributed by atoms with Gasteiger partial charge in [0.25, 0.3) is 0 Å². The number of ether oxygens (including phenoxy) is 2. The van der Waals surface area contributed by atoms with Crippen LogP contribution in [0.4, 0.5) is 10.6 Å². The van der Waals surface area contributed by atoms with Gasteiger partial charge in [-0.3, -0.25) is 5.32 Å². The van der Waals surface area contributed by atoms with Crippen LogP contribution in [-0.4, -0.2) is 37.9 Å². The Morgan fingerprint density at radius 3 is 2.40 bits per heavy atom. The first-order valence-electron chi connectivity index (χ1n) is 13.3. The third kappa shape index (κ3) is 4.95. The van der Waals surface area contributed by atoms with Gasteiger partial charge in [-0.15, -0.1) is 0 Å². The van der Waals surface area contributed by atoms with Crippen LogP contribution in [-0.2, 0) is 17.9 Å². The van der Waals surface area contributed by atoms with Gasteiger partial charge in [-0.05, 0) is 60.5 Å². The van der Waals surface area contributed by atoms with Crippen molar-refractivity contribution in [3.63, 3.8) is 0 Å². The van der Waals surface area contributed by atoms with Crippen molar-refractivity contribution in [3.05, 3.63) is 84.7 Å². The Bertz CT molecular complexity index is 1890. The van der Waals surface area contributed by atoms with Gasteiger partial charge in [0.05, 0.1) is 23.2 Å². The van der Waals surface area contributed by atoms with Crippen LogP contribution in [0.25, 0.3) is 43.5 Å². The predicted molar refractivity (Wildman–Crippen MR) is 158 cm³/mol. The number of carbonyl (C=O) groups excluding carboxylic acids is 1. The molecule has 2 aromatic heterocycles. The summed E-state index contributed by atoms with van der Waals surface area (Å²) in [5, 5.41) is 18.6. The molecule has 0 aliphatic carbocycles.